The Bertz CT molecular complexity index is 248. The second-order valence-electron chi connectivity index (χ2n) is 5.41. The number of rotatable bonds is 6. The minimum atomic E-state index is -0.259. The van der Waals surface area contributed by atoms with Crippen molar-refractivity contribution in [1.82, 2.24) is 5.32 Å². The molecule has 1 heterocycles. The fourth-order valence-corrected chi connectivity index (χ4v) is 1.94. The van der Waals surface area contributed by atoms with Crippen LogP contribution < -0.4 is 11.1 Å². The molecule has 1 aliphatic rings. The molecule has 5 nitrogen and oxygen atoms in total. The molecule has 5 heteroatoms. The molecule has 4 N–H and O–H groups in total. The van der Waals surface area contributed by atoms with Gasteiger partial charge in [0.2, 0.25) is 0 Å². The molecule has 1 aliphatic heterocycles. The van der Waals surface area contributed by atoms with Gasteiger partial charge in [0, 0.05) is 18.6 Å². The summed E-state index contributed by atoms with van der Waals surface area (Å²) in [6.45, 7) is 7.61. The van der Waals surface area contributed by atoms with Crippen LogP contribution in [0.3, 0.4) is 0 Å². The molecule has 0 saturated carbocycles. The van der Waals surface area contributed by atoms with Gasteiger partial charge in [-0.2, -0.15) is 0 Å². The highest BCUT2D eigenvalue weighted by molar-refractivity contribution is 5.85. The fraction of sp³-hybridized carbons (Fsp3) is 0.917. The zero-order valence-corrected chi connectivity index (χ0v) is 10.9. The molecule has 0 radical (unpaired) electrons. The van der Waals surface area contributed by atoms with E-state index in [-0.39, 0.29) is 5.41 Å². The van der Waals surface area contributed by atoms with Gasteiger partial charge in [0.15, 0.2) is 0 Å². The molecule has 1 unspecified atom stereocenters. The van der Waals surface area contributed by atoms with Crippen LogP contribution in [0.2, 0.25) is 0 Å². The van der Waals surface area contributed by atoms with Crippen LogP contribution in [0.4, 0.5) is 0 Å². The smallest absolute Gasteiger partial charge is 0.144 e. The molecular weight excluding hydrogens is 218 g/mol. The minimum Gasteiger partial charge on any atom is -0.409 e. The van der Waals surface area contributed by atoms with Gasteiger partial charge in [0.05, 0.1) is 6.61 Å². The third-order valence-corrected chi connectivity index (χ3v) is 3.42. The second kappa shape index (κ2) is 6.81. The van der Waals surface area contributed by atoms with Gasteiger partial charge in [-0.1, -0.05) is 19.0 Å². The maximum atomic E-state index is 8.66. The van der Waals surface area contributed by atoms with E-state index in [1.54, 1.807) is 0 Å². The SMILES string of the molecule is CC(C)(CCNCC1CCCOC1)C(N)=NO. The van der Waals surface area contributed by atoms with E-state index in [1.165, 1.54) is 12.8 Å². The average Bonchev–Trinajstić information content (AvgIpc) is 2.35. The summed E-state index contributed by atoms with van der Waals surface area (Å²) in [4.78, 5) is 0. The van der Waals surface area contributed by atoms with Gasteiger partial charge >= 0.3 is 0 Å². The molecule has 1 saturated heterocycles. The van der Waals surface area contributed by atoms with Crippen LogP contribution in [0.5, 0.6) is 0 Å². The van der Waals surface area contributed by atoms with E-state index in [0.29, 0.717) is 11.8 Å². The molecule has 1 rings (SSSR count). The molecule has 0 amide bonds. The van der Waals surface area contributed by atoms with Gasteiger partial charge in [0.1, 0.15) is 5.84 Å². The van der Waals surface area contributed by atoms with Crippen LogP contribution in [0.15, 0.2) is 5.16 Å². The Morgan fingerprint density at radius 2 is 2.35 bits per heavy atom. The normalized spacial score (nSPS) is 22.7. The zero-order chi connectivity index (χ0) is 12.7. The quantitative estimate of drug-likeness (QED) is 0.215. The zero-order valence-electron chi connectivity index (χ0n) is 10.9. The summed E-state index contributed by atoms with van der Waals surface area (Å²) in [6.07, 6.45) is 3.27. The van der Waals surface area contributed by atoms with Crippen LogP contribution in [0.25, 0.3) is 0 Å². The summed E-state index contributed by atoms with van der Waals surface area (Å²) in [7, 11) is 0. The van der Waals surface area contributed by atoms with E-state index in [2.05, 4.69) is 10.5 Å². The van der Waals surface area contributed by atoms with E-state index in [0.717, 1.165) is 32.7 Å². The molecule has 0 aromatic rings. The highest BCUT2D eigenvalue weighted by Crippen LogP contribution is 2.19. The highest BCUT2D eigenvalue weighted by Gasteiger charge is 2.23. The lowest BCUT2D eigenvalue weighted by atomic mass is 9.88. The van der Waals surface area contributed by atoms with Crippen LogP contribution >= 0.6 is 0 Å². The number of hydrogen-bond donors (Lipinski definition) is 3. The summed E-state index contributed by atoms with van der Waals surface area (Å²) in [6, 6.07) is 0. The summed E-state index contributed by atoms with van der Waals surface area (Å²) in [5.74, 6) is 0.927. The molecule has 1 fully saturated rings. The van der Waals surface area contributed by atoms with Crippen LogP contribution in [0, 0.1) is 11.3 Å². The molecule has 0 spiro atoms. The van der Waals surface area contributed by atoms with Crippen molar-refractivity contribution in [3.63, 3.8) is 0 Å². The van der Waals surface area contributed by atoms with Crippen LogP contribution in [-0.2, 0) is 4.74 Å². The van der Waals surface area contributed by atoms with Crippen molar-refractivity contribution in [2.24, 2.45) is 22.2 Å². The molecule has 17 heavy (non-hydrogen) atoms. The average molecular weight is 243 g/mol. The molecule has 0 aliphatic carbocycles. The molecule has 0 aromatic heterocycles. The number of hydrogen-bond acceptors (Lipinski definition) is 4. The van der Waals surface area contributed by atoms with Crippen molar-refractivity contribution >= 4 is 5.84 Å². The monoisotopic (exact) mass is 243 g/mol. The summed E-state index contributed by atoms with van der Waals surface area (Å²) in [5.41, 5.74) is 5.37. The first-order valence-electron chi connectivity index (χ1n) is 6.33. The summed E-state index contributed by atoms with van der Waals surface area (Å²) >= 11 is 0. The number of nitrogens with two attached hydrogens (primary N) is 1. The Labute approximate surface area is 103 Å². The lowest BCUT2D eigenvalue weighted by molar-refractivity contribution is 0.0547. The van der Waals surface area contributed by atoms with E-state index in [4.69, 9.17) is 15.7 Å². The molecular formula is C12H25N3O2. The van der Waals surface area contributed by atoms with E-state index >= 15 is 0 Å². The number of ether oxygens (including phenoxy) is 1. The minimum absolute atomic E-state index is 0.259. The Morgan fingerprint density at radius 3 is 2.94 bits per heavy atom. The van der Waals surface area contributed by atoms with Crippen LogP contribution in [-0.4, -0.2) is 37.3 Å². The molecule has 0 bridgehead atoms. The van der Waals surface area contributed by atoms with Crippen molar-refractivity contribution in [2.45, 2.75) is 33.1 Å². The summed E-state index contributed by atoms with van der Waals surface area (Å²) < 4.78 is 5.42. The molecule has 0 aromatic carbocycles. The largest absolute Gasteiger partial charge is 0.409 e. The predicted molar refractivity (Wildman–Crippen MR) is 68.2 cm³/mol. The Hall–Kier alpha value is -0.810. The van der Waals surface area contributed by atoms with Crippen molar-refractivity contribution in [3.8, 4) is 0 Å². The van der Waals surface area contributed by atoms with Gasteiger partial charge in [-0.15, -0.1) is 0 Å². The van der Waals surface area contributed by atoms with Crippen molar-refractivity contribution in [1.29, 1.82) is 0 Å². The standard InChI is InChI=1S/C12H25N3O2/c1-12(2,11(13)15-16)5-6-14-8-10-4-3-7-17-9-10/h10,14,16H,3-9H2,1-2H3,(H2,13,15). The van der Waals surface area contributed by atoms with Gasteiger partial charge in [-0.3, -0.25) is 0 Å². The number of nitrogens with one attached hydrogen (secondary N) is 1. The molecule has 100 valence electrons. The predicted octanol–water partition coefficient (Wildman–Crippen LogP) is 1.17. The van der Waals surface area contributed by atoms with Gasteiger partial charge in [0.25, 0.3) is 0 Å². The number of amidine groups is 1. The second-order valence-corrected chi connectivity index (χ2v) is 5.41. The lowest BCUT2D eigenvalue weighted by Crippen LogP contribution is -2.36. The molecule has 1 atom stereocenters. The van der Waals surface area contributed by atoms with Gasteiger partial charge in [-0.05, 0) is 31.7 Å². The van der Waals surface area contributed by atoms with E-state index in [9.17, 15) is 0 Å². The first-order chi connectivity index (χ1) is 8.06. The third-order valence-electron chi connectivity index (χ3n) is 3.42. The Kier molecular flexibility index (Phi) is 5.71. The maximum Gasteiger partial charge on any atom is 0.144 e. The fourth-order valence-electron chi connectivity index (χ4n) is 1.94. The third kappa shape index (κ3) is 4.91. The number of oxime groups is 1. The van der Waals surface area contributed by atoms with Crippen molar-refractivity contribution < 1.29 is 9.94 Å². The van der Waals surface area contributed by atoms with Crippen molar-refractivity contribution in [2.75, 3.05) is 26.3 Å². The first-order valence-corrected chi connectivity index (χ1v) is 6.33. The Morgan fingerprint density at radius 1 is 1.59 bits per heavy atom. The Balaban J connectivity index is 2.14. The summed E-state index contributed by atoms with van der Waals surface area (Å²) in [5, 5.41) is 15.2. The van der Waals surface area contributed by atoms with E-state index in [1.807, 2.05) is 13.8 Å². The maximum absolute atomic E-state index is 8.66. The van der Waals surface area contributed by atoms with Gasteiger partial charge < -0.3 is 21.0 Å². The lowest BCUT2D eigenvalue weighted by Gasteiger charge is -2.25. The highest BCUT2D eigenvalue weighted by atomic mass is 16.5. The van der Waals surface area contributed by atoms with E-state index < -0.39 is 0 Å². The van der Waals surface area contributed by atoms with Crippen LogP contribution in [0.1, 0.15) is 33.1 Å². The first kappa shape index (κ1) is 14.3. The van der Waals surface area contributed by atoms with Gasteiger partial charge in [-0.25, -0.2) is 0 Å². The number of nitrogens with zero attached hydrogens (tertiary/aromatic N) is 1. The van der Waals surface area contributed by atoms with Crippen molar-refractivity contribution in [3.05, 3.63) is 0 Å². The topological polar surface area (TPSA) is 79.9 Å².